The number of carbonyl (C=O) groups excluding carboxylic acids is 2. The van der Waals surface area contributed by atoms with Crippen LogP contribution in [0, 0.1) is 0 Å². The molecule has 0 atom stereocenters. The summed E-state index contributed by atoms with van der Waals surface area (Å²) in [5.74, 6) is -0.552. The largest absolute Gasteiger partial charge is 0.351 e. The SMILES string of the molecule is CN(C1=C(Br)C(=O)C(Nc2ccccc2)=C(Br)C1=O)c1ccccc1. The predicted molar refractivity (Wildman–Crippen MR) is 107 cm³/mol. The second-order valence-electron chi connectivity index (χ2n) is 5.40. The molecule has 0 bridgehead atoms. The molecule has 0 unspecified atom stereocenters. The predicted octanol–water partition coefficient (Wildman–Crippen LogP) is 4.60. The molecule has 0 spiro atoms. The Morgan fingerprint density at radius 2 is 1.36 bits per heavy atom. The number of likely N-dealkylation sites (N-methyl/N-ethyl adjacent to an activating group) is 1. The minimum absolute atomic E-state index is 0.210. The minimum Gasteiger partial charge on any atom is -0.351 e. The van der Waals surface area contributed by atoms with Gasteiger partial charge in [0, 0.05) is 18.4 Å². The van der Waals surface area contributed by atoms with Gasteiger partial charge >= 0.3 is 0 Å². The van der Waals surface area contributed by atoms with E-state index in [0.29, 0.717) is 5.70 Å². The summed E-state index contributed by atoms with van der Waals surface area (Å²) in [5.41, 5.74) is 2.06. The van der Waals surface area contributed by atoms with Crippen LogP contribution in [0.4, 0.5) is 11.4 Å². The van der Waals surface area contributed by atoms with Crippen molar-refractivity contribution in [2.45, 2.75) is 0 Å². The normalized spacial score (nSPS) is 14.8. The molecule has 1 aliphatic carbocycles. The van der Waals surface area contributed by atoms with Gasteiger partial charge in [-0.25, -0.2) is 0 Å². The Bertz CT molecular complexity index is 890. The first-order valence-corrected chi connectivity index (χ1v) is 9.09. The molecule has 6 heteroatoms. The second kappa shape index (κ2) is 7.37. The Hall–Kier alpha value is -2.18. The number of para-hydroxylation sites is 2. The van der Waals surface area contributed by atoms with E-state index in [1.807, 2.05) is 60.7 Å². The lowest BCUT2D eigenvalue weighted by molar-refractivity contribution is -0.115. The molecule has 0 fully saturated rings. The number of benzene rings is 2. The molecule has 0 heterocycles. The maximum Gasteiger partial charge on any atom is 0.219 e. The summed E-state index contributed by atoms with van der Waals surface area (Å²) >= 11 is 6.60. The van der Waals surface area contributed by atoms with Crippen molar-refractivity contribution in [2.75, 3.05) is 17.3 Å². The number of ketones is 2. The van der Waals surface area contributed by atoms with Crippen molar-refractivity contribution in [3.63, 3.8) is 0 Å². The average molecular weight is 462 g/mol. The number of allylic oxidation sites excluding steroid dienone is 2. The van der Waals surface area contributed by atoms with Crippen molar-refractivity contribution in [3.05, 3.63) is 81.0 Å². The van der Waals surface area contributed by atoms with Gasteiger partial charge in [-0.3, -0.25) is 9.59 Å². The zero-order chi connectivity index (χ0) is 18.0. The number of nitrogens with zero attached hydrogens (tertiary/aromatic N) is 1. The van der Waals surface area contributed by atoms with Gasteiger partial charge in [0.25, 0.3) is 0 Å². The first-order chi connectivity index (χ1) is 12.0. The van der Waals surface area contributed by atoms with Crippen molar-refractivity contribution < 1.29 is 9.59 Å². The van der Waals surface area contributed by atoms with Crippen molar-refractivity contribution >= 4 is 54.8 Å². The molecule has 2 aromatic carbocycles. The second-order valence-corrected chi connectivity index (χ2v) is 6.98. The molecular weight excluding hydrogens is 448 g/mol. The lowest BCUT2D eigenvalue weighted by Gasteiger charge is -2.27. The minimum atomic E-state index is -0.284. The van der Waals surface area contributed by atoms with E-state index in [-0.39, 0.29) is 26.2 Å². The van der Waals surface area contributed by atoms with E-state index in [1.165, 1.54) is 0 Å². The molecule has 3 rings (SSSR count). The summed E-state index contributed by atoms with van der Waals surface area (Å²) in [7, 11) is 1.76. The highest BCUT2D eigenvalue weighted by molar-refractivity contribution is 9.12. The van der Waals surface area contributed by atoms with Crippen molar-refractivity contribution in [3.8, 4) is 0 Å². The average Bonchev–Trinajstić information content (AvgIpc) is 2.65. The monoisotopic (exact) mass is 460 g/mol. The summed E-state index contributed by atoms with van der Waals surface area (Å²) in [6, 6.07) is 18.6. The third-order valence-corrected chi connectivity index (χ3v) is 5.28. The molecule has 25 heavy (non-hydrogen) atoms. The number of hydrogen-bond acceptors (Lipinski definition) is 4. The van der Waals surface area contributed by atoms with E-state index in [4.69, 9.17) is 0 Å². The van der Waals surface area contributed by atoms with Gasteiger partial charge < -0.3 is 10.2 Å². The van der Waals surface area contributed by atoms with E-state index in [1.54, 1.807) is 11.9 Å². The molecule has 0 saturated heterocycles. The fraction of sp³-hybridized carbons (Fsp3) is 0.0526. The van der Waals surface area contributed by atoms with Crippen LogP contribution in [0.15, 0.2) is 81.0 Å². The fourth-order valence-electron chi connectivity index (χ4n) is 2.49. The third-order valence-electron chi connectivity index (χ3n) is 3.79. The zero-order valence-electron chi connectivity index (χ0n) is 13.3. The summed E-state index contributed by atoms with van der Waals surface area (Å²) in [4.78, 5) is 27.4. The fourth-order valence-corrected chi connectivity index (χ4v) is 3.60. The van der Waals surface area contributed by atoms with Crippen LogP contribution in [0.5, 0.6) is 0 Å². The molecule has 2 aromatic rings. The summed E-state index contributed by atoms with van der Waals surface area (Å²) in [6.07, 6.45) is 0. The van der Waals surface area contributed by atoms with Gasteiger partial charge in [0.05, 0.1) is 8.96 Å². The van der Waals surface area contributed by atoms with Crippen LogP contribution in [0.2, 0.25) is 0 Å². The highest BCUT2D eigenvalue weighted by Gasteiger charge is 2.35. The zero-order valence-corrected chi connectivity index (χ0v) is 16.5. The first-order valence-electron chi connectivity index (χ1n) is 7.50. The Morgan fingerprint density at radius 1 is 0.800 bits per heavy atom. The quantitative estimate of drug-likeness (QED) is 0.676. The molecule has 1 aliphatic rings. The maximum absolute atomic E-state index is 12.9. The van der Waals surface area contributed by atoms with Gasteiger partial charge in [-0.1, -0.05) is 36.4 Å². The van der Waals surface area contributed by atoms with Crippen LogP contribution in [0.3, 0.4) is 0 Å². The Kier molecular flexibility index (Phi) is 5.20. The topological polar surface area (TPSA) is 49.4 Å². The molecule has 0 saturated carbocycles. The number of carbonyl (C=O) groups is 2. The van der Waals surface area contributed by atoms with Gasteiger partial charge in [0.15, 0.2) is 0 Å². The molecule has 4 nitrogen and oxygen atoms in total. The van der Waals surface area contributed by atoms with Crippen molar-refractivity contribution in [1.82, 2.24) is 0 Å². The van der Waals surface area contributed by atoms with Gasteiger partial charge in [0.2, 0.25) is 11.6 Å². The lowest BCUT2D eigenvalue weighted by Crippen LogP contribution is -2.32. The third kappa shape index (κ3) is 3.45. The smallest absolute Gasteiger partial charge is 0.219 e. The molecule has 126 valence electrons. The lowest BCUT2D eigenvalue weighted by atomic mass is 10.0. The number of rotatable bonds is 4. The molecular formula is C19H14Br2N2O2. The van der Waals surface area contributed by atoms with E-state index >= 15 is 0 Å². The standard InChI is InChI=1S/C19H14Br2N2O2/c1-23(13-10-6-3-7-11-13)17-15(21)18(24)16(14(20)19(17)25)22-12-8-4-2-5-9-12/h2-11,22H,1H3. The Labute approximate surface area is 162 Å². The van der Waals surface area contributed by atoms with Crippen LogP contribution in [0.1, 0.15) is 0 Å². The van der Waals surface area contributed by atoms with Crippen molar-refractivity contribution in [2.24, 2.45) is 0 Å². The van der Waals surface area contributed by atoms with E-state index in [9.17, 15) is 9.59 Å². The van der Waals surface area contributed by atoms with Crippen LogP contribution < -0.4 is 10.2 Å². The van der Waals surface area contributed by atoms with Crippen molar-refractivity contribution in [1.29, 1.82) is 0 Å². The van der Waals surface area contributed by atoms with E-state index in [0.717, 1.165) is 11.4 Å². The molecule has 0 aromatic heterocycles. The van der Waals surface area contributed by atoms with E-state index in [2.05, 4.69) is 37.2 Å². The van der Waals surface area contributed by atoms with Gasteiger partial charge in [-0.05, 0) is 56.1 Å². The summed E-state index contributed by atoms with van der Waals surface area (Å²) in [6.45, 7) is 0. The van der Waals surface area contributed by atoms with Gasteiger partial charge in [0.1, 0.15) is 11.4 Å². The molecule has 1 N–H and O–H groups in total. The van der Waals surface area contributed by atoms with Crippen LogP contribution in [-0.2, 0) is 9.59 Å². The van der Waals surface area contributed by atoms with Crippen LogP contribution in [-0.4, -0.2) is 18.6 Å². The maximum atomic E-state index is 12.9. The Morgan fingerprint density at radius 3 is 1.96 bits per heavy atom. The number of anilines is 2. The van der Waals surface area contributed by atoms with Crippen LogP contribution in [0.25, 0.3) is 0 Å². The molecule has 0 radical (unpaired) electrons. The number of Topliss-reactive ketones (excluding diaryl/α,β-unsaturated/α-hetero) is 2. The van der Waals surface area contributed by atoms with Crippen LogP contribution >= 0.6 is 31.9 Å². The first kappa shape index (κ1) is 17.6. The number of halogens is 2. The summed E-state index contributed by atoms with van der Waals surface area (Å²) in [5, 5.41) is 3.02. The summed E-state index contributed by atoms with van der Waals surface area (Å²) < 4.78 is 0.438. The molecule has 0 amide bonds. The number of hydrogen-bond donors (Lipinski definition) is 1. The molecule has 0 aliphatic heterocycles. The number of nitrogens with one attached hydrogen (secondary N) is 1. The van der Waals surface area contributed by atoms with Gasteiger partial charge in [-0.15, -0.1) is 0 Å². The highest BCUT2D eigenvalue weighted by atomic mass is 79.9. The Balaban J connectivity index is 1.97. The van der Waals surface area contributed by atoms with Gasteiger partial charge in [-0.2, -0.15) is 0 Å². The van der Waals surface area contributed by atoms with E-state index < -0.39 is 0 Å². The highest BCUT2D eigenvalue weighted by Crippen LogP contribution is 2.34.